The van der Waals surface area contributed by atoms with Crippen molar-refractivity contribution >= 4 is 35.8 Å². The lowest BCUT2D eigenvalue weighted by Gasteiger charge is -2.30. The van der Waals surface area contributed by atoms with Crippen molar-refractivity contribution in [2.75, 3.05) is 32.7 Å². The molecular weight excluding hydrogens is 481 g/mol. The highest BCUT2D eigenvalue weighted by molar-refractivity contribution is 14.0. The highest BCUT2D eigenvalue weighted by atomic mass is 127. The number of guanidine groups is 1. The van der Waals surface area contributed by atoms with Crippen LogP contribution in [0, 0.1) is 6.92 Å². The summed E-state index contributed by atoms with van der Waals surface area (Å²) in [4.78, 5) is 19.1. The van der Waals surface area contributed by atoms with E-state index >= 15 is 0 Å². The van der Waals surface area contributed by atoms with E-state index in [-0.39, 0.29) is 29.9 Å². The minimum absolute atomic E-state index is 0. The van der Waals surface area contributed by atoms with Crippen LogP contribution in [0.1, 0.15) is 63.6 Å². The molecule has 1 amide bonds. The highest BCUT2D eigenvalue weighted by Gasteiger charge is 2.12. The molecule has 1 aromatic heterocycles. The Balaban J connectivity index is 0.00000784. The Bertz CT molecular complexity index is 594. The molecule has 1 aromatic rings. The molecule has 0 spiro atoms. The Morgan fingerprint density at radius 1 is 1.10 bits per heavy atom. The van der Waals surface area contributed by atoms with Gasteiger partial charge in [0.15, 0.2) is 11.7 Å². The fraction of sp³-hybridized carbons (Fsp3) is 0.714. The summed E-state index contributed by atoms with van der Waals surface area (Å²) in [7, 11) is 0. The van der Waals surface area contributed by atoms with E-state index in [2.05, 4.69) is 60.5 Å². The largest absolute Gasteiger partial charge is 0.459 e. The van der Waals surface area contributed by atoms with Crippen LogP contribution in [0.3, 0.4) is 0 Å². The monoisotopic (exact) mass is 521 g/mol. The predicted molar refractivity (Wildman–Crippen MR) is 131 cm³/mol. The summed E-state index contributed by atoms with van der Waals surface area (Å²) in [5, 5.41) is 9.53. The van der Waals surface area contributed by atoms with Crippen LogP contribution in [0.2, 0.25) is 0 Å². The summed E-state index contributed by atoms with van der Waals surface area (Å²) in [5.41, 5.74) is 0.850. The molecule has 0 unspecified atom stereocenters. The summed E-state index contributed by atoms with van der Waals surface area (Å²) in [6.07, 6.45) is 3.38. The Kier molecular flexibility index (Phi) is 14.8. The van der Waals surface area contributed by atoms with E-state index < -0.39 is 0 Å². The molecule has 0 aliphatic carbocycles. The quantitative estimate of drug-likeness (QED) is 0.170. The maximum absolute atomic E-state index is 12.0. The normalized spacial score (nSPS) is 11.7. The molecule has 0 aromatic carbocycles. The standard InChI is InChI=1S/C21H39N5O2.HI/c1-7-22-21(25-13-9-14-26(16(2)3)17(4)5)24-12-8-11-23-20(27)19-18(6)10-15-28-19;/h10,15-17H,7-9,11-14H2,1-6H3,(H,23,27)(H2,22,24,25);1H. The van der Waals surface area contributed by atoms with Crippen LogP contribution >= 0.6 is 24.0 Å². The van der Waals surface area contributed by atoms with E-state index in [1.165, 1.54) is 6.26 Å². The van der Waals surface area contributed by atoms with Gasteiger partial charge in [-0.2, -0.15) is 0 Å². The zero-order chi connectivity index (χ0) is 20.9. The average Bonchev–Trinajstić information content (AvgIpc) is 3.06. The molecule has 168 valence electrons. The Hall–Kier alpha value is -1.29. The summed E-state index contributed by atoms with van der Waals surface area (Å²) >= 11 is 0. The lowest BCUT2D eigenvalue weighted by Crippen LogP contribution is -2.41. The van der Waals surface area contributed by atoms with Gasteiger partial charge in [-0.1, -0.05) is 0 Å². The summed E-state index contributed by atoms with van der Waals surface area (Å²) in [5.74, 6) is 1.04. The molecule has 7 nitrogen and oxygen atoms in total. The van der Waals surface area contributed by atoms with E-state index in [1.54, 1.807) is 6.07 Å². The van der Waals surface area contributed by atoms with Gasteiger partial charge in [-0.05, 0) is 60.5 Å². The van der Waals surface area contributed by atoms with Crippen molar-refractivity contribution in [2.24, 2.45) is 4.99 Å². The van der Waals surface area contributed by atoms with Crippen LogP contribution in [0.15, 0.2) is 21.7 Å². The van der Waals surface area contributed by atoms with Gasteiger partial charge >= 0.3 is 0 Å². The summed E-state index contributed by atoms with van der Waals surface area (Å²) < 4.78 is 5.19. The van der Waals surface area contributed by atoms with Gasteiger partial charge < -0.3 is 20.4 Å². The second kappa shape index (κ2) is 15.5. The Morgan fingerprint density at radius 3 is 2.31 bits per heavy atom. The molecule has 29 heavy (non-hydrogen) atoms. The lowest BCUT2D eigenvalue weighted by molar-refractivity contribution is 0.0925. The fourth-order valence-corrected chi connectivity index (χ4v) is 3.08. The van der Waals surface area contributed by atoms with Crippen molar-refractivity contribution in [3.63, 3.8) is 0 Å². The van der Waals surface area contributed by atoms with E-state index in [1.807, 2.05) is 6.92 Å². The molecule has 3 N–H and O–H groups in total. The van der Waals surface area contributed by atoms with Crippen molar-refractivity contribution in [3.8, 4) is 0 Å². The number of hydrogen-bond donors (Lipinski definition) is 3. The van der Waals surface area contributed by atoms with Crippen molar-refractivity contribution in [1.29, 1.82) is 0 Å². The third-order valence-corrected chi connectivity index (χ3v) is 4.52. The van der Waals surface area contributed by atoms with Gasteiger partial charge in [0.2, 0.25) is 0 Å². The van der Waals surface area contributed by atoms with Gasteiger partial charge in [0.05, 0.1) is 6.26 Å². The van der Waals surface area contributed by atoms with E-state index in [0.717, 1.165) is 44.0 Å². The van der Waals surface area contributed by atoms with Crippen LogP contribution in [-0.2, 0) is 0 Å². The predicted octanol–water partition coefficient (Wildman–Crippen LogP) is 3.39. The highest BCUT2D eigenvalue weighted by Crippen LogP contribution is 2.08. The number of halogens is 1. The number of rotatable bonds is 12. The minimum Gasteiger partial charge on any atom is -0.459 e. The topological polar surface area (TPSA) is 81.9 Å². The van der Waals surface area contributed by atoms with Gasteiger partial charge in [-0.3, -0.25) is 14.7 Å². The molecule has 0 atom stereocenters. The molecule has 0 saturated carbocycles. The van der Waals surface area contributed by atoms with Crippen LogP contribution in [0.4, 0.5) is 0 Å². The first-order valence-electron chi connectivity index (χ1n) is 10.5. The zero-order valence-electron chi connectivity index (χ0n) is 18.9. The second-order valence-corrected chi connectivity index (χ2v) is 7.51. The first-order chi connectivity index (χ1) is 13.4. The first kappa shape index (κ1) is 27.7. The van der Waals surface area contributed by atoms with E-state index in [4.69, 9.17) is 4.42 Å². The minimum atomic E-state index is -0.170. The molecule has 0 saturated heterocycles. The van der Waals surface area contributed by atoms with Crippen LogP contribution < -0.4 is 16.0 Å². The van der Waals surface area contributed by atoms with E-state index in [0.29, 0.717) is 30.9 Å². The molecule has 0 fully saturated rings. The van der Waals surface area contributed by atoms with Gasteiger partial charge in [-0.25, -0.2) is 0 Å². The SMILES string of the molecule is CCNC(=NCCCNC(=O)c1occc1C)NCCCN(C(C)C)C(C)C.I. The number of hydrogen-bond acceptors (Lipinski definition) is 4. The number of nitrogens with zero attached hydrogens (tertiary/aromatic N) is 2. The van der Waals surface area contributed by atoms with Crippen molar-refractivity contribution < 1.29 is 9.21 Å². The number of carbonyl (C=O) groups is 1. The maximum atomic E-state index is 12.0. The third-order valence-electron chi connectivity index (χ3n) is 4.52. The van der Waals surface area contributed by atoms with Crippen LogP contribution in [0.5, 0.6) is 0 Å². The summed E-state index contributed by atoms with van der Waals surface area (Å²) in [6.45, 7) is 16.9. The first-order valence-corrected chi connectivity index (χ1v) is 10.5. The molecule has 0 aliphatic rings. The van der Waals surface area contributed by atoms with E-state index in [9.17, 15) is 4.79 Å². The number of furan rings is 1. The molecule has 1 rings (SSSR count). The molecule has 0 aliphatic heterocycles. The smallest absolute Gasteiger partial charge is 0.287 e. The lowest BCUT2D eigenvalue weighted by atomic mass is 10.2. The van der Waals surface area contributed by atoms with Gasteiger partial charge in [-0.15, -0.1) is 24.0 Å². The van der Waals surface area contributed by atoms with Crippen molar-refractivity contribution in [3.05, 3.63) is 23.7 Å². The molecule has 8 heteroatoms. The molecule has 0 radical (unpaired) electrons. The number of aryl methyl sites for hydroxylation is 1. The number of nitrogens with one attached hydrogen (secondary N) is 3. The Morgan fingerprint density at radius 2 is 1.76 bits per heavy atom. The molecule has 1 heterocycles. The van der Waals surface area contributed by atoms with Gasteiger partial charge in [0, 0.05) is 50.4 Å². The van der Waals surface area contributed by atoms with Gasteiger partial charge in [0.25, 0.3) is 5.91 Å². The van der Waals surface area contributed by atoms with Crippen molar-refractivity contribution in [2.45, 2.75) is 66.5 Å². The Labute approximate surface area is 193 Å². The summed E-state index contributed by atoms with van der Waals surface area (Å²) in [6, 6.07) is 2.90. The molecular formula is C21H40IN5O2. The molecule has 0 bridgehead atoms. The zero-order valence-corrected chi connectivity index (χ0v) is 21.2. The number of carbonyl (C=O) groups excluding carboxylic acids is 1. The van der Waals surface area contributed by atoms with Crippen LogP contribution in [0.25, 0.3) is 0 Å². The van der Waals surface area contributed by atoms with Gasteiger partial charge in [0.1, 0.15) is 0 Å². The van der Waals surface area contributed by atoms with Crippen molar-refractivity contribution in [1.82, 2.24) is 20.9 Å². The number of amides is 1. The maximum Gasteiger partial charge on any atom is 0.287 e. The second-order valence-electron chi connectivity index (χ2n) is 7.51. The third kappa shape index (κ3) is 10.9. The number of aliphatic imine (C=N–C) groups is 1. The van der Waals surface area contributed by atoms with Crippen LogP contribution in [-0.4, -0.2) is 61.6 Å². The average molecular weight is 521 g/mol. The fourth-order valence-electron chi connectivity index (χ4n) is 3.08.